The fourth-order valence-electron chi connectivity index (χ4n) is 3.14. The third-order valence-electron chi connectivity index (χ3n) is 4.87. The molecule has 0 bridgehead atoms. The van der Waals surface area contributed by atoms with Gasteiger partial charge in [-0.15, -0.1) is 0 Å². The fourth-order valence-corrected chi connectivity index (χ4v) is 3.14. The third-order valence-corrected chi connectivity index (χ3v) is 4.87. The van der Waals surface area contributed by atoms with Crippen molar-refractivity contribution in [1.29, 1.82) is 0 Å². The Morgan fingerprint density at radius 1 is 0.815 bits per heavy atom. The van der Waals surface area contributed by atoms with Gasteiger partial charge in [0.2, 0.25) is 5.91 Å². The summed E-state index contributed by atoms with van der Waals surface area (Å²) in [6.45, 7) is 3.59. The van der Waals surface area contributed by atoms with Crippen LogP contribution in [0.5, 0.6) is 0 Å². The van der Waals surface area contributed by atoms with Crippen LogP contribution in [0.1, 0.15) is 103 Å². The molecule has 0 atom stereocenters. The van der Waals surface area contributed by atoms with E-state index < -0.39 is 0 Å². The topological polar surface area (TPSA) is 49.3 Å². The minimum absolute atomic E-state index is 0.0376. The largest absolute Gasteiger partial charge is 0.356 e. The highest BCUT2D eigenvalue weighted by Crippen LogP contribution is 2.10. The van der Waals surface area contributed by atoms with E-state index in [0.29, 0.717) is 19.5 Å². The summed E-state index contributed by atoms with van der Waals surface area (Å²) in [5, 5.41) is 12.5. The van der Waals surface area contributed by atoms with Gasteiger partial charge in [0.1, 0.15) is 6.54 Å². The number of rotatable bonds is 19. The summed E-state index contributed by atoms with van der Waals surface area (Å²) < 4.78 is -0.0376. The summed E-state index contributed by atoms with van der Waals surface area (Å²) in [6.07, 6.45) is 22.8. The van der Waals surface area contributed by atoms with Crippen LogP contribution in [0.4, 0.5) is 0 Å². The zero-order valence-corrected chi connectivity index (χ0v) is 18.5. The van der Waals surface area contributed by atoms with Crippen molar-refractivity contribution in [1.82, 2.24) is 5.32 Å². The summed E-state index contributed by atoms with van der Waals surface area (Å²) in [5.41, 5.74) is 0. The van der Waals surface area contributed by atoms with E-state index in [2.05, 4.69) is 24.4 Å². The predicted molar refractivity (Wildman–Crippen MR) is 116 cm³/mol. The maximum atomic E-state index is 11.7. The van der Waals surface area contributed by atoms with Crippen LogP contribution >= 0.6 is 0 Å². The molecule has 1 amide bonds. The van der Waals surface area contributed by atoms with Crippen LogP contribution in [0.2, 0.25) is 0 Å². The minimum atomic E-state index is -0.0376. The summed E-state index contributed by atoms with van der Waals surface area (Å²) in [6, 6.07) is 0. The van der Waals surface area contributed by atoms with Gasteiger partial charge in [-0.2, -0.15) is 4.65 Å². The van der Waals surface area contributed by atoms with Gasteiger partial charge >= 0.3 is 0 Å². The Bertz CT molecular complexity index is 362. The van der Waals surface area contributed by atoms with Gasteiger partial charge in [0.05, 0.1) is 14.1 Å². The van der Waals surface area contributed by atoms with Crippen molar-refractivity contribution in [2.24, 2.45) is 0 Å². The third kappa shape index (κ3) is 23.1. The molecular weight excluding hydrogens is 336 g/mol. The van der Waals surface area contributed by atoms with Gasteiger partial charge in [0, 0.05) is 19.4 Å². The number of nitrogens with zero attached hydrogens (tertiary/aromatic N) is 1. The van der Waals surface area contributed by atoms with Crippen LogP contribution in [-0.4, -0.2) is 42.9 Å². The first-order chi connectivity index (χ1) is 13.0. The molecule has 0 aliphatic carbocycles. The highest BCUT2D eigenvalue weighted by Gasteiger charge is 2.09. The zero-order chi connectivity index (χ0) is 20.2. The molecule has 0 unspecified atom stereocenters. The standard InChI is InChI=1S/C23H46N2O2/c1-4-5-6-7-8-9-10-11-12-13-14-15-16-17-18-20-23(26)24-21-19-22-25(2,3)27/h11-12,27H,4-10,13-22H2,1-3H3/p+1/b12-11+. The summed E-state index contributed by atoms with van der Waals surface area (Å²) >= 11 is 0. The molecule has 0 saturated heterocycles. The summed E-state index contributed by atoms with van der Waals surface area (Å²) in [7, 11) is 3.49. The van der Waals surface area contributed by atoms with Crippen molar-refractivity contribution < 1.29 is 14.6 Å². The Morgan fingerprint density at radius 3 is 1.89 bits per heavy atom. The molecule has 0 aliphatic rings. The van der Waals surface area contributed by atoms with Gasteiger partial charge in [0.25, 0.3) is 0 Å². The average Bonchev–Trinajstić information content (AvgIpc) is 2.61. The fraction of sp³-hybridized carbons (Fsp3) is 0.870. The first-order valence-corrected chi connectivity index (χ1v) is 11.4. The molecule has 4 heteroatoms. The van der Waals surface area contributed by atoms with Crippen LogP contribution in [0.15, 0.2) is 12.2 Å². The zero-order valence-electron chi connectivity index (χ0n) is 18.5. The van der Waals surface area contributed by atoms with Crippen molar-refractivity contribution in [3.05, 3.63) is 12.2 Å². The lowest BCUT2D eigenvalue weighted by Crippen LogP contribution is -2.38. The predicted octanol–water partition coefficient (Wildman–Crippen LogP) is 6.00. The smallest absolute Gasteiger partial charge is 0.219 e. The molecule has 0 fully saturated rings. The van der Waals surface area contributed by atoms with Crippen molar-refractivity contribution in [2.75, 3.05) is 27.2 Å². The van der Waals surface area contributed by atoms with Crippen LogP contribution in [0, 0.1) is 0 Å². The maximum Gasteiger partial charge on any atom is 0.219 e. The monoisotopic (exact) mass is 383 g/mol. The van der Waals surface area contributed by atoms with E-state index in [1.165, 1.54) is 70.6 Å². The van der Waals surface area contributed by atoms with Crippen molar-refractivity contribution in [3.63, 3.8) is 0 Å². The molecule has 0 aromatic heterocycles. The van der Waals surface area contributed by atoms with E-state index >= 15 is 0 Å². The number of allylic oxidation sites excluding steroid dienone is 2. The Hall–Kier alpha value is -0.870. The number of quaternary nitrogens is 1. The molecule has 27 heavy (non-hydrogen) atoms. The van der Waals surface area contributed by atoms with Gasteiger partial charge in [0.15, 0.2) is 0 Å². The van der Waals surface area contributed by atoms with E-state index in [1.54, 1.807) is 14.1 Å². The van der Waals surface area contributed by atoms with Crippen LogP contribution < -0.4 is 5.32 Å². The highest BCUT2D eigenvalue weighted by atomic mass is 16.5. The van der Waals surface area contributed by atoms with Gasteiger partial charge in [-0.05, 0) is 32.1 Å². The SMILES string of the molecule is CCCCCCCC/C=C/CCCCCCCC(=O)NCCC[N+](C)(C)O. The number of hydrogen-bond acceptors (Lipinski definition) is 2. The molecule has 0 heterocycles. The number of amides is 1. The van der Waals surface area contributed by atoms with E-state index in [4.69, 9.17) is 0 Å². The summed E-state index contributed by atoms with van der Waals surface area (Å²) in [4.78, 5) is 11.7. The number of unbranched alkanes of at least 4 members (excludes halogenated alkanes) is 11. The molecule has 4 nitrogen and oxygen atoms in total. The average molecular weight is 384 g/mol. The van der Waals surface area contributed by atoms with Crippen molar-refractivity contribution in [3.8, 4) is 0 Å². The van der Waals surface area contributed by atoms with E-state index in [0.717, 1.165) is 19.3 Å². The molecule has 0 aromatic carbocycles. The highest BCUT2D eigenvalue weighted by molar-refractivity contribution is 5.75. The van der Waals surface area contributed by atoms with Gasteiger partial charge in [-0.3, -0.25) is 4.79 Å². The molecule has 0 aromatic rings. The van der Waals surface area contributed by atoms with E-state index in [9.17, 15) is 10.0 Å². The van der Waals surface area contributed by atoms with Crippen LogP contribution in [0.3, 0.4) is 0 Å². The van der Waals surface area contributed by atoms with Gasteiger partial charge < -0.3 is 5.32 Å². The number of hydroxylamine groups is 3. The first kappa shape index (κ1) is 26.1. The Labute approximate surface area is 169 Å². The molecule has 0 aliphatic heterocycles. The van der Waals surface area contributed by atoms with Crippen molar-refractivity contribution in [2.45, 2.75) is 103 Å². The second kappa shape index (κ2) is 18.5. The lowest BCUT2D eigenvalue weighted by atomic mass is 10.1. The molecule has 0 rings (SSSR count). The normalized spacial score (nSPS) is 12.0. The Morgan fingerprint density at radius 2 is 1.33 bits per heavy atom. The van der Waals surface area contributed by atoms with Gasteiger partial charge in [-0.1, -0.05) is 70.4 Å². The lowest BCUT2D eigenvalue weighted by Gasteiger charge is -2.19. The molecular formula is C23H47N2O2+. The number of hydrogen-bond donors (Lipinski definition) is 2. The first-order valence-electron chi connectivity index (χ1n) is 11.4. The Balaban J connectivity index is 3.26. The molecule has 160 valence electrons. The molecule has 0 saturated carbocycles. The quantitative estimate of drug-likeness (QED) is 0.124. The van der Waals surface area contributed by atoms with Crippen LogP contribution in [0.25, 0.3) is 0 Å². The number of nitrogens with one attached hydrogen (secondary N) is 1. The minimum Gasteiger partial charge on any atom is -0.356 e. The second-order valence-corrected chi connectivity index (χ2v) is 8.38. The van der Waals surface area contributed by atoms with Crippen molar-refractivity contribution >= 4 is 5.91 Å². The molecule has 0 spiro atoms. The number of carbonyl (C=O) groups excluding carboxylic acids is 1. The second-order valence-electron chi connectivity index (χ2n) is 8.38. The van der Waals surface area contributed by atoms with E-state index in [-0.39, 0.29) is 10.6 Å². The lowest BCUT2D eigenvalue weighted by molar-refractivity contribution is -1.07. The Kier molecular flexibility index (Phi) is 17.9. The maximum absolute atomic E-state index is 11.7. The molecule has 0 radical (unpaired) electrons. The van der Waals surface area contributed by atoms with Crippen LogP contribution in [-0.2, 0) is 4.79 Å². The summed E-state index contributed by atoms with van der Waals surface area (Å²) in [5.74, 6) is 0.149. The number of carbonyl (C=O) groups is 1. The van der Waals surface area contributed by atoms with Gasteiger partial charge in [-0.25, -0.2) is 5.21 Å². The molecule has 2 N–H and O–H groups in total. The van der Waals surface area contributed by atoms with E-state index in [1.807, 2.05) is 0 Å².